The number of likely N-dealkylation sites (tertiary alicyclic amines) is 2. The van der Waals surface area contributed by atoms with Gasteiger partial charge in [0.2, 0.25) is 11.8 Å². The molecule has 3 atom stereocenters. The third kappa shape index (κ3) is 1.98. The fourth-order valence-electron chi connectivity index (χ4n) is 2.99. The maximum atomic E-state index is 11.9. The average Bonchev–Trinajstić information content (AvgIpc) is 2.44. The van der Waals surface area contributed by atoms with Crippen LogP contribution >= 0.6 is 0 Å². The molecular weight excluding hydrogens is 204 g/mol. The van der Waals surface area contributed by atoms with Crippen LogP contribution in [0.2, 0.25) is 0 Å². The van der Waals surface area contributed by atoms with Gasteiger partial charge in [0.25, 0.3) is 0 Å². The molecule has 3 unspecified atom stereocenters. The Balaban J connectivity index is 2.08. The average molecular weight is 224 g/mol. The van der Waals surface area contributed by atoms with Crippen molar-refractivity contribution in [3.63, 3.8) is 0 Å². The van der Waals surface area contributed by atoms with Gasteiger partial charge in [-0.15, -0.1) is 0 Å². The fraction of sp³-hybridized carbons (Fsp3) is 0.833. The van der Waals surface area contributed by atoms with Crippen LogP contribution in [0.15, 0.2) is 0 Å². The number of hydrogen-bond acceptors (Lipinski definition) is 3. The first-order valence-electron chi connectivity index (χ1n) is 6.03. The van der Waals surface area contributed by atoms with Crippen LogP contribution in [0.3, 0.4) is 0 Å². The summed E-state index contributed by atoms with van der Waals surface area (Å²) in [6.07, 6.45) is 1.59. The molecule has 4 heteroatoms. The Labute approximate surface area is 96.6 Å². The van der Waals surface area contributed by atoms with Gasteiger partial charge in [0.05, 0.1) is 12.5 Å². The standard InChI is InChI=1S/C12H20N2O2/c1-8-4-9(2)7-14(6-8)10-5-11(15)13(3)12(10)16/h8-10H,4-7H2,1-3H3. The van der Waals surface area contributed by atoms with Crippen LogP contribution in [0.1, 0.15) is 26.7 Å². The highest BCUT2D eigenvalue weighted by atomic mass is 16.2. The molecule has 90 valence electrons. The molecule has 0 saturated carbocycles. The lowest BCUT2D eigenvalue weighted by atomic mass is 9.90. The Kier molecular flexibility index (Phi) is 3.02. The van der Waals surface area contributed by atoms with Gasteiger partial charge in [0.1, 0.15) is 0 Å². The molecule has 2 rings (SSSR count). The van der Waals surface area contributed by atoms with E-state index in [1.165, 1.54) is 11.3 Å². The topological polar surface area (TPSA) is 40.6 Å². The molecule has 2 heterocycles. The predicted molar refractivity (Wildman–Crippen MR) is 60.7 cm³/mol. The quantitative estimate of drug-likeness (QED) is 0.616. The fourth-order valence-corrected chi connectivity index (χ4v) is 2.99. The zero-order valence-electron chi connectivity index (χ0n) is 10.3. The molecule has 0 aromatic carbocycles. The van der Waals surface area contributed by atoms with E-state index in [9.17, 15) is 9.59 Å². The van der Waals surface area contributed by atoms with Crippen molar-refractivity contribution in [2.45, 2.75) is 32.7 Å². The summed E-state index contributed by atoms with van der Waals surface area (Å²) in [4.78, 5) is 26.8. The molecule has 0 aromatic rings. The first-order chi connectivity index (χ1) is 7.49. The lowest BCUT2D eigenvalue weighted by molar-refractivity contribution is -0.138. The van der Waals surface area contributed by atoms with Gasteiger partial charge in [-0.05, 0) is 18.3 Å². The number of imide groups is 1. The van der Waals surface area contributed by atoms with E-state index in [-0.39, 0.29) is 17.9 Å². The van der Waals surface area contributed by atoms with Crippen LogP contribution in [0.4, 0.5) is 0 Å². The summed E-state index contributed by atoms with van der Waals surface area (Å²) >= 11 is 0. The first kappa shape index (κ1) is 11.6. The highest BCUT2D eigenvalue weighted by Gasteiger charge is 2.41. The number of piperidine rings is 1. The Morgan fingerprint density at radius 3 is 2.12 bits per heavy atom. The van der Waals surface area contributed by atoms with Crippen LogP contribution in [-0.2, 0) is 9.59 Å². The van der Waals surface area contributed by atoms with Gasteiger partial charge in [-0.1, -0.05) is 13.8 Å². The number of likely N-dealkylation sites (N-methyl/N-ethyl adjacent to an activating group) is 1. The van der Waals surface area contributed by atoms with E-state index in [1.807, 2.05) is 0 Å². The van der Waals surface area contributed by atoms with E-state index in [2.05, 4.69) is 18.7 Å². The van der Waals surface area contributed by atoms with Crippen molar-refractivity contribution in [1.82, 2.24) is 9.80 Å². The third-order valence-corrected chi connectivity index (χ3v) is 3.70. The number of nitrogens with zero attached hydrogens (tertiary/aromatic N) is 2. The molecule has 2 saturated heterocycles. The predicted octanol–water partition coefficient (Wildman–Crippen LogP) is 0.722. The molecule has 0 bridgehead atoms. The second-order valence-electron chi connectivity index (χ2n) is 5.41. The Hall–Kier alpha value is -0.900. The van der Waals surface area contributed by atoms with Crippen molar-refractivity contribution in [3.8, 4) is 0 Å². The molecule has 16 heavy (non-hydrogen) atoms. The molecule has 0 N–H and O–H groups in total. The summed E-state index contributed by atoms with van der Waals surface area (Å²) in [5.74, 6) is 1.18. The van der Waals surface area contributed by atoms with Gasteiger partial charge in [0, 0.05) is 20.1 Å². The molecule has 2 aliphatic heterocycles. The van der Waals surface area contributed by atoms with Crippen LogP contribution in [0, 0.1) is 11.8 Å². The maximum absolute atomic E-state index is 11.9. The lowest BCUT2D eigenvalue weighted by Crippen LogP contribution is -2.48. The molecule has 0 aromatic heterocycles. The summed E-state index contributed by atoms with van der Waals surface area (Å²) in [5, 5.41) is 0. The normalized spacial score (nSPS) is 37.2. The molecule has 2 amide bonds. The van der Waals surface area contributed by atoms with E-state index in [4.69, 9.17) is 0 Å². The third-order valence-electron chi connectivity index (χ3n) is 3.70. The minimum Gasteiger partial charge on any atom is -0.291 e. The summed E-state index contributed by atoms with van der Waals surface area (Å²) in [6.45, 7) is 6.32. The minimum atomic E-state index is -0.192. The van der Waals surface area contributed by atoms with Gasteiger partial charge in [-0.2, -0.15) is 0 Å². The highest BCUT2D eigenvalue weighted by Crippen LogP contribution is 2.26. The molecule has 0 spiro atoms. The highest BCUT2D eigenvalue weighted by molar-refractivity contribution is 6.05. The van der Waals surface area contributed by atoms with Gasteiger partial charge in [-0.25, -0.2) is 0 Å². The Morgan fingerprint density at radius 1 is 1.12 bits per heavy atom. The van der Waals surface area contributed by atoms with Crippen molar-refractivity contribution in [1.29, 1.82) is 0 Å². The van der Waals surface area contributed by atoms with E-state index in [0.29, 0.717) is 18.3 Å². The van der Waals surface area contributed by atoms with E-state index in [0.717, 1.165) is 13.1 Å². The molecule has 4 nitrogen and oxygen atoms in total. The van der Waals surface area contributed by atoms with Crippen molar-refractivity contribution in [2.75, 3.05) is 20.1 Å². The second kappa shape index (κ2) is 4.17. The number of carbonyl (C=O) groups is 2. The summed E-state index contributed by atoms with van der Waals surface area (Å²) in [5.41, 5.74) is 0. The summed E-state index contributed by atoms with van der Waals surface area (Å²) in [7, 11) is 1.58. The Bertz CT molecular complexity index is 306. The van der Waals surface area contributed by atoms with Gasteiger partial charge < -0.3 is 0 Å². The van der Waals surface area contributed by atoms with E-state index in [1.54, 1.807) is 7.05 Å². The van der Waals surface area contributed by atoms with Crippen molar-refractivity contribution in [3.05, 3.63) is 0 Å². The SMILES string of the molecule is CC1CC(C)CN(C2CC(=O)N(C)C2=O)C1. The van der Waals surface area contributed by atoms with Gasteiger partial charge in [-0.3, -0.25) is 19.4 Å². The van der Waals surface area contributed by atoms with Crippen molar-refractivity contribution >= 4 is 11.8 Å². The van der Waals surface area contributed by atoms with Gasteiger partial charge >= 0.3 is 0 Å². The van der Waals surface area contributed by atoms with Crippen molar-refractivity contribution in [2.24, 2.45) is 11.8 Å². The van der Waals surface area contributed by atoms with Gasteiger partial charge in [0.15, 0.2) is 0 Å². The monoisotopic (exact) mass is 224 g/mol. The minimum absolute atomic E-state index is 0.0219. The molecule has 2 aliphatic rings. The second-order valence-corrected chi connectivity index (χ2v) is 5.41. The van der Waals surface area contributed by atoms with E-state index < -0.39 is 0 Å². The van der Waals surface area contributed by atoms with Crippen LogP contribution < -0.4 is 0 Å². The van der Waals surface area contributed by atoms with Crippen molar-refractivity contribution < 1.29 is 9.59 Å². The zero-order valence-corrected chi connectivity index (χ0v) is 10.3. The summed E-state index contributed by atoms with van der Waals surface area (Å²) < 4.78 is 0. The van der Waals surface area contributed by atoms with Crippen LogP contribution in [0.25, 0.3) is 0 Å². The van der Waals surface area contributed by atoms with Crippen LogP contribution in [-0.4, -0.2) is 47.8 Å². The lowest BCUT2D eigenvalue weighted by Gasteiger charge is -2.37. The number of amides is 2. The molecule has 0 aliphatic carbocycles. The molecular formula is C12H20N2O2. The number of hydrogen-bond donors (Lipinski definition) is 0. The van der Waals surface area contributed by atoms with E-state index >= 15 is 0 Å². The molecule has 0 radical (unpaired) electrons. The number of carbonyl (C=O) groups excluding carboxylic acids is 2. The smallest absolute Gasteiger partial charge is 0.246 e. The summed E-state index contributed by atoms with van der Waals surface area (Å²) in [6, 6.07) is -0.192. The Morgan fingerprint density at radius 2 is 1.69 bits per heavy atom. The number of rotatable bonds is 1. The molecule has 2 fully saturated rings. The van der Waals surface area contributed by atoms with Crippen LogP contribution in [0.5, 0.6) is 0 Å². The largest absolute Gasteiger partial charge is 0.291 e. The zero-order chi connectivity index (χ0) is 11.9. The first-order valence-corrected chi connectivity index (χ1v) is 6.03. The maximum Gasteiger partial charge on any atom is 0.246 e.